The summed E-state index contributed by atoms with van der Waals surface area (Å²) in [6.45, 7) is 8.71. The molecule has 5 rings (SSSR count). The largest absolute Gasteiger partial charge is 0.376 e. The van der Waals surface area contributed by atoms with E-state index in [0.717, 1.165) is 46.5 Å². The molecule has 0 fully saturated rings. The second kappa shape index (κ2) is 11.8. The molecule has 2 aromatic carbocycles. The van der Waals surface area contributed by atoms with Crippen molar-refractivity contribution in [3.8, 4) is 11.1 Å². The summed E-state index contributed by atoms with van der Waals surface area (Å²) in [5.74, 6) is 0. The molecular weight excluding hydrogens is 486 g/mol. The van der Waals surface area contributed by atoms with E-state index >= 15 is 0 Å². The lowest BCUT2D eigenvalue weighted by Crippen LogP contribution is -2.25. The van der Waals surface area contributed by atoms with E-state index in [1.165, 1.54) is 0 Å². The minimum Gasteiger partial charge on any atom is -0.376 e. The standard InChI is InChI=1S/C25H28F2N6O.2C2H6/c1-29(2)21-10-17(11-22-23(21)32(5)25(34)31(22)4)33-8-6-7-15-9-18(16-13-28-30(3)14-16)19(24(26)27)12-20(15)33;2*1-2/h9-14,24H,6-8H2,1-5H3;2*1-2H3. The van der Waals surface area contributed by atoms with Gasteiger partial charge in [-0.25, -0.2) is 13.6 Å². The van der Waals surface area contributed by atoms with Crippen LogP contribution in [-0.4, -0.2) is 39.6 Å². The first kappa shape index (κ1) is 28.9. The van der Waals surface area contributed by atoms with Gasteiger partial charge in [-0.3, -0.25) is 13.8 Å². The summed E-state index contributed by atoms with van der Waals surface area (Å²) in [5.41, 5.74) is 6.37. The third-order valence-corrected chi connectivity index (χ3v) is 6.74. The number of aryl methyl sites for hydroxylation is 4. The van der Waals surface area contributed by atoms with Crippen molar-refractivity contribution in [3.63, 3.8) is 0 Å². The van der Waals surface area contributed by atoms with Gasteiger partial charge in [0.2, 0.25) is 0 Å². The molecule has 1 aliphatic rings. The van der Waals surface area contributed by atoms with Gasteiger partial charge in [0.05, 0.1) is 22.9 Å². The van der Waals surface area contributed by atoms with Crippen LogP contribution in [0.25, 0.3) is 22.2 Å². The zero-order chi connectivity index (χ0) is 28.3. The molecule has 0 spiro atoms. The summed E-state index contributed by atoms with van der Waals surface area (Å²) in [6, 6.07) is 7.54. The molecule has 7 nitrogen and oxygen atoms in total. The third kappa shape index (κ3) is 5.06. The summed E-state index contributed by atoms with van der Waals surface area (Å²) in [7, 11) is 9.18. The van der Waals surface area contributed by atoms with Crippen molar-refractivity contribution in [2.24, 2.45) is 21.1 Å². The maximum Gasteiger partial charge on any atom is 0.328 e. The summed E-state index contributed by atoms with van der Waals surface area (Å²) in [4.78, 5) is 16.7. The van der Waals surface area contributed by atoms with Gasteiger partial charge in [-0.05, 0) is 48.2 Å². The van der Waals surface area contributed by atoms with Crippen molar-refractivity contribution in [2.75, 3.05) is 30.4 Å². The molecule has 0 saturated carbocycles. The van der Waals surface area contributed by atoms with Crippen LogP contribution in [0.1, 0.15) is 51.7 Å². The van der Waals surface area contributed by atoms with E-state index in [-0.39, 0.29) is 11.3 Å². The number of nitrogens with zero attached hydrogens (tertiary/aromatic N) is 6. The number of benzene rings is 2. The van der Waals surface area contributed by atoms with E-state index in [1.54, 1.807) is 53.4 Å². The highest BCUT2D eigenvalue weighted by atomic mass is 19.3. The van der Waals surface area contributed by atoms with Gasteiger partial charge in [0.25, 0.3) is 6.43 Å². The monoisotopic (exact) mass is 526 g/mol. The Hall–Kier alpha value is -3.62. The van der Waals surface area contributed by atoms with Crippen LogP contribution in [0.4, 0.5) is 25.8 Å². The predicted molar refractivity (Wildman–Crippen MR) is 154 cm³/mol. The molecule has 0 bridgehead atoms. The molecule has 2 aromatic heterocycles. The SMILES string of the molecule is CC.CC.CN(C)c1cc(N2CCCc3cc(-c4cnn(C)c4)c(C(F)F)cc32)cc2c1n(C)c(=O)n2C. The Morgan fingerprint density at radius 1 is 0.974 bits per heavy atom. The molecule has 4 aromatic rings. The zero-order valence-corrected chi connectivity index (χ0v) is 24.0. The highest BCUT2D eigenvalue weighted by molar-refractivity contribution is 5.94. The minimum absolute atomic E-state index is 0.000303. The van der Waals surface area contributed by atoms with Gasteiger partial charge < -0.3 is 9.80 Å². The third-order valence-electron chi connectivity index (χ3n) is 6.74. The fourth-order valence-electron chi connectivity index (χ4n) is 5.02. The molecule has 0 amide bonds. The van der Waals surface area contributed by atoms with E-state index in [9.17, 15) is 13.6 Å². The fourth-order valence-corrected chi connectivity index (χ4v) is 5.02. The molecule has 0 atom stereocenters. The smallest absolute Gasteiger partial charge is 0.328 e. The highest BCUT2D eigenvalue weighted by Crippen LogP contribution is 2.42. The van der Waals surface area contributed by atoms with Crippen LogP contribution in [0.3, 0.4) is 0 Å². The van der Waals surface area contributed by atoms with Crippen molar-refractivity contribution in [1.82, 2.24) is 18.9 Å². The first-order chi connectivity index (χ1) is 18.2. The van der Waals surface area contributed by atoms with Gasteiger partial charge in [0.15, 0.2) is 0 Å². The molecule has 0 N–H and O–H groups in total. The molecule has 9 heteroatoms. The molecule has 3 heterocycles. The molecule has 0 radical (unpaired) electrons. The lowest BCUT2D eigenvalue weighted by atomic mass is 9.92. The van der Waals surface area contributed by atoms with Crippen LogP contribution < -0.4 is 15.5 Å². The van der Waals surface area contributed by atoms with Gasteiger partial charge in [-0.1, -0.05) is 27.7 Å². The first-order valence-electron chi connectivity index (χ1n) is 13.3. The Morgan fingerprint density at radius 2 is 1.66 bits per heavy atom. The molecule has 0 saturated heterocycles. The number of halogens is 2. The highest BCUT2D eigenvalue weighted by Gasteiger charge is 2.26. The Labute approximate surface area is 223 Å². The number of fused-ring (bicyclic) bond motifs is 2. The van der Waals surface area contributed by atoms with Crippen molar-refractivity contribution in [1.29, 1.82) is 0 Å². The number of imidazole rings is 1. The van der Waals surface area contributed by atoms with Gasteiger partial charge in [-0.2, -0.15) is 5.10 Å². The number of alkyl halides is 2. The van der Waals surface area contributed by atoms with Crippen LogP contribution in [0.2, 0.25) is 0 Å². The van der Waals surface area contributed by atoms with E-state index in [4.69, 9.17) is 0 Å². The van der Waals surface area contributed by atoms with Crippen LogP contribution >= 0.6 is 0 Å². The maximum absolute atomic E-state index is 14.2. The zero-order valence-electron chi connectivity index (χ0n) is 24.0. The van der Waals surface area contributed by atoms with Crippen molar-refractivity contribution in [3.05, 3.63) is 58.3 Å². The quantitative estimate of drug-likeness (QED) is 0.308. The molecule has 206 valence electrons. The Balaban J connectivity index is 0.000000956. The van der Waals surface area contributed by atoms with Gasteiger partial charge in [-0.15, -0.1) is 0 Å². The summed E-state index contributed by atoms with van der Waals surface area (Å²) in [6.07, 6.45) is 2.49. The average Bonchev–Trinajstić information content (AvgIpc) is 3.46. The number of anilines is 3. The Bertz CT molecular complexity index is 1460. The van der Waals surface area contributed by atoms with Gasteiger partial charge in [0.1, 0.15) is 0 Å². The van der Waals surface area contributed by atoms with Crippen molar-refractivity contribution < 1.29 is 8.78 Å². The maximum atomic E-state index is 14.2. The topological polar surface area (TPSA) is 51.2 Å². The molecule has 1 aliphatic heterocycles. The summed E-state index contributed by atoms with van der Waals surface area (Å²) >= 11 is 0. The minimum atomic E-state index is -2.61. The fraction of sp³-hybridized carbons (Fsp3) is 0.448. The lowest BCUT2D eigenvalue weighted by molar-refractivity contribution is 0.152. The predicted octanol–water partition coefficient (Wildman–Crippen LogP) is 6.42. The van der Waals surface area contributed by atoms with Crippen LogP contribution in [-0.2, 0) is 27.6 Å². The van der Waals surface area contributed by atoms with E-state index in [1.807, 2.05) is 64.9 Å². The van der Waals surface area contributed by atoms with E-state index in [2.05, 4.69) is 10.00 Å². The van der Waals surface area contributed by atoms with Crippen LogP contribution in [0.15, 0.2) is 41.5 Å². The first-order valence-corrected chi connectivity index (χ1v) is 13.3. The molecule has 38 heavy (non-hydrogen) atoms. The summed E-state index contributed by atoms with van der Waals surface area (Å²) in [5, 5.41) is 4.17. The van der Waals surface area contributed by atoms with E-state index in [0.29, 0.717) is 17.7 Å². The second-order valence-corrected chi connectivity index (χ2v) is 9.15. The molecular formula is C29H40F2N6O. The summed E-state index contributed by atoms with van der Waals surface area (Å²) < 4.78 is 33.3. The van der Waals surface area contributed by atoms with Gasteiger partial charge >= 0.3 is 5.69 Å². The average molecular weight is 527 g/mol. The van der Waals surface area contributed by atoms with Crippen LogP contribution in [0.5, 0.6) is 0 Å². The number of hydrogen-bond acceptors (Lipinski definition) is 4. The van der Waals surface area contributed by atoms with Crippen LogP contribution in [0, 0.1) is 0 Å². The Kier molecular flexibility index (Phi) is 9.01. The molecule has 0 unspecified atom stereocenters. The Morgan fingerprint density at radius 3 is 2.24 bits per heavy atom. The number of hydrogen-bond donors (Lipinski definition) is 0. The second-order valence-electron chi connectivity index (χ2n) is 9.15. The normalized spacial score (nSPS) is 12.6. The van der Waals surface area contributed by atoms with E-state index < -0.39 is 6.43 Å². The van der Waals surface area contributed by atoms with Gasteiger partial charge in [0, 0.05) is 70.5 Å². The molecule has 0 aliphatic carbocycles. The lowest BCUT2D eigenvalue weighted by Gasteiger charge is -2.33. The van der Waals surface area contributed by atoms with Crippen molar-refractivity contribution >= 4 is 28.1 Å². The van der Waals surface area contributed by atoms with Crippen molar-refractivity contribution in [2.45, 2.75) is 47.0 Å². The number of aromatic nitrogens is 4. The number of rotatable bonds is 4.